The number of nitrogens with one attached hydrogen (secondary N) is 1. The summed E-state index contributed by atoms with van der Waals surface area (Å²) in [5.41, 5.74) is -0.229. The summed E-state index contributed by atoms with van der Waals surface area (Å²) in [4.78, 5) is 22.4. The van der Waals surface area contributed by atoms with Crippen molar-refractivity contribution in [3.8, 4) is 0 Å². The van der Waals surface area contributed by atoms with Gasteiger partial charge < -0.3 is 10.4 Å². The molecule has 0 aliphatic rings. The number of carboxylic acid groups (broad SMARTS) is 1. The van der Waals surface area contributed by atoms with Gasteiger partial charge in [0.05, 0.1) is 11.2 Å². The van der Waals surface area contributed by atoms with E-state index in [-0.39, 0.29) is 17.5 Å². The molecule has 0 saturated carbocycles. The number of carboxylic acids is 1. The van der Waals surface area contributed by atoms with Crippen molar-refractivity contribution in [1.29, 1.82) is 0 Å². The summed E-state index contributed by atoms with van der Waals surface area (Å²) in [5, 5.41) is 11.2. The monoisotopic (exact) mass is 299 g/mol. The standard InChI is InChI=1S/C14H18FNO3S/c1-14(2,10-4-3-5-11(15)8-10)13(19)16-6-7-20-9-12(17)18/h3-5,8H,6-7,9H2,1-2H3,(H,16,19)(H,17,18). The van der Waals surface area contributed by atoms with Crippen LogP contribution < -0.4 is 5.32 Å². The molecule has 0 aromatic heterocycles. The predicted octanol–water partition coefficient (Wildman–Crippen LogP) is 2.04. The van der Waals surface area contributed by atoms with Gasteiger partial charge in [0.25, 0.3) is 0 Å². The molecule has 0 bridgehead atoms. The van der Waals surface area contributed by atoms with Crippen LogP contribution in [0.2, 0.25) is 0 Å². The lowest BCUT2D eigenvalue weighted by atomic mass is 9.83. The lowest BCUT2D eigenvalue weighted by Crippen LogP contribution is -2.41. The van der Waals surface area contributed by atoms with Crippen molar-refractivity contribution in [2.45, 2.75) is 19.3 Å². The number of rotatable bonds is 7. The first-order valence-corrected chi connectivity index (χ1v) is 7.33. The summed E-state index contributed by atoms with van der Waals surface area (Å²) in [6.45, 7) is 3.83. The zero-order chi connectivity index (χ0) is 15.2. The number of hydrogen-bond acceptors (Lipinski definition) is 3. The highest BCUT2D eigenvalue weighted by molar-refractivity contribution is 7.99. The van der Waals surface area contributed by atoms with Crippen LogP contribution in [0.3, 0.4) is 0 Å². The van der Waals surface area contributed by atoms with Crippen LogP contribution >= 0.6 is 11.8 Å². The van der Waals surface area contributed by atoms with Crippen LogP contribution in [0.15, 0.2) is 24.3 Å². The minimum Gasteiger partial charge on any atom is -0.481 e. The molecule has 0 aliphatic heterocycles. The Labute approximate surface area is 121 Å². The highest BCUT2D eigenvalue weighted by atomic mass is 32.2. The molecule has 20 heavy (non-hydrogen) atoms. The maximum atomic E-state index is 13.2. The van der Waals surface area contributed by atoms with Crippen molar-refractivity contribution in [3.05, 3.63) is 35.6 Å². The molecular formula is C14H18FNO3S. The summed E-state index contributed by atoms with van der Waals surface area (Å²) in [6.07, 6.45) is 0. The van der Waals surface area contributed by atoms with Crippen molar-refractivity contribution in [1.82, 2.24) is 5.32 Å². The molecule has 0 unspecified atom stereocenters. The summed E-state index contributed by atoms with van der Waals surface area (Å²) < 4.78 is 13.2. The quantitative estimate of drug-likeness (QED) is 0.756. The van der Waals surface area contributed by atoms with Gasteiger partial charge in [-0.05, 0) is 31.5 Å². The van der Waals surface area contributed by atoms with Crippen molar-refractivity contribution in [2.24, 2.45) is 0 Å². The topological polar surface area (TPSA) is 66.4 Å². The smallest absolute Gasteiger partial charge is 0.313 e. The fourth-order valence-electron chi connectivity index (χ4n) is 1.63. The van der Waals surface area contributed by atoms with E-state index in [0.29, 0.717) is 17.9 Å². The molecule has 0 aliphatic carbocycles. The predicted molar refractivity (Wildman–Crippen MR) is 77.4 cm³/mol. The molecule has 0 heterocycles. The molecule has 1 amide bonds. The van der Waals surface area contributed by atoms with E-state index in [1.807, 2.05) is 0 Å². The Morgan fingerprint density at radius 2 is 2.10 bits per heavy atom. The van der Waals surface area contributed by atoms with Crippen molar-refractivity contribution < 1.29 is 19.1 Å². The van der Waals surface area contributed by atoms with Crippen molar-refractivity contribution >= 4 is 23.6 Å². The number of hydrogen-bond donors (Lipinski definition) is 2. The average molecular weight is 299 g/mol. The normalized spacial score (nSPS) is 11.2. The second-order valence-electron chi connectivity index (χ2n) is 4.84. The molecule has 110 valence electrons. The fraction of sp³-hybridized carbons (Fsp3) is 0.429. The van der Waals surface area contributed by atoms with Gasteiger partial charge in [0, 0.05) is 12.3 Å². The second kappa shape index (κ2) is 7.28. The van der Waals surface area contributed by atoms with E-state index < -0.39 is 11.4 Å². The number of aliphatic carboxylic acids is 1. The number of carbonyl (C=O) groups is 2. The third-order valence-corrected chi connectivity index (χ3v) is 3.82. The average Bonchev–Trinajstić information content (AvgIpc) is 2.37. The van der Waals surface area contributed by atoms with E-state index in [1.165, 1.54) is 23.9 Å². The number of thioether (sulfide) groups is 1. The molecule has 0 spiro atoms. The molecular weight excluding hydrogens is 281 g/mol. The minimum atomic E-state index is -0.874. The number of halogens is 1. The van der Waals surface area contributed by atoms with E-state index in [2.05, 4.69) is 5.32 Å². The Morgan fingerprint density at radius 3 is 2.70 bits per heavy atom. The molecule has 0 saturated heterocycles. The molecule has 1 aromatic rings. The Bertz CT molecular complexity index is 491. The van der Waals surface area contributed by atoms with Crippen LogP contribution in [-0.4, -0.2) is 35.0 Å². The van der Waals surface area contributed by atoms with E-state index in [1.54, 1.807) is 26.0 Å². The van der Waals surface area contributed by atoms with Gasteiger partial charge in [-0.2, -0.15) is 0 Å². The molecule has 0 fully saturated rings. The fourth-order valence-corrected chi connectivity index (χ4v) is 2.19. The SMILES string of the molecule is CC(C)(C(=O)NCCSCC(=O)O)c1cccc(F)c1. The van der Waals surface area contributed by atoms with Crippen molar-refractivity contribution in [2.75, 3.05) is 18.1 Å². The first-order chi connectivity index (χ1) is 9.34. The number of carbonyl (C=O) groups excluding carboxylic acids is 1. The van der Waals surface area contributed by atoms with Gasteiger partial charge in [-0.15, -0.1) is 11.8 Å². The van der Waals surface area contributed by atoms with Crippen LogP contribution in [0.5, 0.6) is 0 Å². The van der Waals surface area contributed by atoms with Gasteiger partial charge in [0.15, 0.2) is 0 Å². The zero-order valence-corrected chi connectivity index (χ0v) is 12.3. The van der Waals surface area contributed by atoms with Crippen LogP contribution in [0.25, 0.3) is 0 Å². The highest BCUT2D eigenvalue weighted by Gasteiger charge is 2.29. The Morgan fingerprint density at radius 1 is 1.40 bits per heavy atom. The Kier molecular flexibility index (Phi) is 6.01. The minimum absolute atomic E-state index is 0.0170. The van der Waals surface area contributed by atoms with Gasteiger partial charge >= 0.3 is 5.97 Å². The second-order valence-corrected chi connectivity index (χ2v) is 5.94. The van der Waals surface area contributed by atoms with Gasteiger partial charge in [-0.1, -0.05) is 12.1 Å². The molecule has 1 aromatic carbocycles. The molecule has 2 N–H and O–H groups in total. The van der Waals surface area contributed by atoms with Gasteiger partial charge in [0.1, 0.15) is 5.82 Å². The zero-order valence-electron chi connectivity index (χ0n) is 11.5. The lowest BCUT2D eigenvalue weighted by molar-refractivity contribution is -0.134. The Balaban J connectivity index is 2.51. The summed E-state index contributed by atoms with van der Waals surface area (Å²) in [6, 6.07) is 5.96. The number of amides is 1. The summed E-state index contributed by atoms with van der Waals surface area (Å²) >= 11 is 1.24. The molecule has 1 rings (SSSR count). The Hall–Kier alpha value is -1.56. The highest BCUT2D eigenvalue weighted by Crippen LogP contribution is 2.23. The van der Waals surface area contributed by atoms with E-state index in [0.717, 1.165) is 0 Å². The van der Waals surface area contributed by atoms with Crippen LogP contribution in [-0.2, 0) is 15.0 Å². The van der Waals surface area contributed by atoms with E-state index in [9.17, 15) is 14.0 Å². The number of benzene rings is 1. The van der Waals surface area contributed by atoms with E-state index in [4.69, 9.17) is 5.11 Å². The third-order valence-electron chi connectivity index (χ3n) is 2.87. The lowest BCUT2D eigenvalue weighted by Gasteiger charge is -2.24. The van der Waals surface area contributed by atoms with Crippen LogP contribution in [0.1, 0.15) is 19.4 Å². The molecule has 4 nitrogen and oxygen atoms in total. The maximum absolute atomic E-state index is 13.2. The van der Waals surface area contributed by atoms with E-state index >= 15 is 0 Å². The summed E-state index contributed by atoms with van der Waals surface area (Å²) in [5.74, 6) is -0.915. The molecule has 0 atom stereocenters. The third kappa shape index (κ3) is 4.85. The van der Waals surface area contributed by atoms with Gasteiger partial charge in [0.2, 0.25) is 5.91 Å². The summed E-state index contributed by atoms with van der Waals surface area (Å²) in [7, 11) is 0. The van der Waals surface area contributed by atoms with Crippen LogP contribution in [0.4, 0.5) is 4.39 Å². The van der Waals surface area contributed by atoms with Crippen molar-refractivity contribution in [3.63, 3.8) is 0 Å². The maximum Gasteiger partial charge on any atom is 0.313 e. The van der Waals surface area contributed by atoms with Gasteiger partial charge in [-0.3, -0.25) is 9.59 Å². The van der Waals surface area contributed by atoms with Gasteiger partial charge in [-0.25, -0.2) is 4.39 Å². The largest absolute Gasteiger partial charge is 0.481 e. The molecule has 6 heteroatoms. The molecule has 0 radical (unpaired) electrons. The first kappa shape index (κ1) is 16.5. The van der Waals surface area contributed by atoms with Crippen LogP contribution in [0, 0.1) is 5.82 Å². The first-order valence-electron chi connectivity index (χ1n) is 6.18.